The number of carbonyl (C=O) groups excluding carboxylic acids is 1. The van der Waals surface area contributed by atoms with E-state index in [2.05, 4.69) is 19.2 Å². The van der Waals surface area contributed by atoms with Gasteiger partial charge < -0.3 is 20.9 Å². The van der Waals surface area contributed by atoms with E-state index in [9.17, 15) is 9.90 Å². The number of ether oxygens (including phenoxy) is 1. The van der Waals surface area contributed by atoms with E-state index in [1.165, 1.54) is 0 Å². The summed E-state index contributed by atoms with van der Waals surface area (Å²) in [5, 5.41) is 12.8. The van der Waals surface area contributed by atoms with E-state index in [4.69, 9.17) is 10.5 Å². The Labute approximate surface area is 120 Å². The molecule has 0 spiro atoms. The number of nitrogens with one attached hydrogen (secondary N) is 1. The van der Waals surface area contributed by atoms with Gasteiger partial charge in [-0.05, 0) is 25.0 Å². The summed E-state index contributed by atoms with van der Waals surface area (Å²) >= 11 is 0. The van der Waals surface area contributed by atoms with Gasteiger partial charge >= 0.3 is 0 Å². The molecule has 0 saturated carbocycles. The molecule has 1 aromatic rings. The second-order valence-corrected chi connectivity index (χ2v) is 5.00. The molecule has 0 heterocycles. The topological polar surface area (TPSA) is 84.6 Å². The highest BCUT2D eigenvalue weighted by molar-refractivity contribution is 5.75. The van der Waals surface area contributed by atoms with Gasteiger partial charge in [-0.25, -0.2) is 0 Å². The Hall–Kier alpha value is -1.75. The van der Waals surface area contributed by atoms with Gasteiger partial charge in [0.2, 0.25) is 0 Å². The van der Waals surface area contributed by atoms with Crippen LogP contribution < -0.4 is 15.8 Å². The van der Waals surface area contributed by atoms with Crippen LogP contribution in [0.25, 0.3) is 0 Å². The SMILES string of the molecule is CCC(CC)(CO)CNc1cccc(OCC(N)=O)c1. The number of rotatable bonds is 9. The van der Waals surface area contributed by atoms with Crippen LogP contribution in [0.3, 0.4) is 0 Å². The number of benzene rings is 1. The van der Waals surface area contributed by atoms with Crippen molar-refractivity contribution in [2.45, 2.75) is 26.7 Å². The van der Waals surface area contributed by atoms with Crippen LogP contribution in [0.1, 0.15) is 26.7 Å². The number of aliphatic hydroxyl groups excluding tert-OH is 1. The summed E-state index contributed by atoms with van der Waals surface area (Å²) < 4.78 is 5.26. The molecule has 4 N–H and O–H groups in total. The molecule has 112 valence electrons. The van der Waals surface area contributed by atoms with Gasteiger partial charge in [0.15, 0.2) is 6.61 Å². The van der Waals surface area contributed by atoms with Gasteiger partial charge in [0.1, 0.15) is 5.75 Å². The molecule has 0 saturated heterocycles. The number of primary amides is 1. The first kappa shape index (κ1) is 16.3. The zero-order valence-electron chi connectivity index (χ0n) is 12.2. The minimum Gasteiger partial charge on any atom is -0.484 e. The summed E-state index contributed by atoms with van der Waals surface area (Å²) in [4.78, 5) is 10.7. The molecule has 0 aliphatic heterocycles. The first-order valence-corrected chi connectivity index (χ1v) is 6.91. The van der Waals surface area contributed by atoms with E-state index < -0.39 is 5.91 Å². The van der Waals surface area contributed by atoms with Crippen molar-refractivity contribution in [3.8, 4) is 5.75 Å². The van der Waals surface area contributed by atoms with Crippen molar-refractivity contribution in [2.24, 2.45) is 11.1 Å². The summed E-state index contributed by atoms with van der Waals surface area (Å²) in [5.74, 6) is 0.0935. The molecule has 0 aliphatic rings. The molecule has 20 heavy (non-hydrogen) atoms. The van der Waals surface area contributed by atoms with E-state index in [1.54, 1.807) is 6.07 Å². The Balaban J connectivity index is 2.64. The normalized spacial score (nSPS) is 11.2. The number of aliphatic hydroxyl groups is 1. The van der Waals surface area contributed by atoms with Crippen molar-refractivity contribution in [3.05, 3.63) is 24.3 Å². The van der Waals surface area contributed by atoms with Crippen LogP contribution >= 0.6 is 0 Å². The summed E-state index contributed by atoms with van der Waals surface area (Å²) in [7, 11) is 0. The van der Waals surface area contributed by atoms with Crippen molar-refractivity contribution >= 4 is 11.6 Å². The van der Waals surface area contributed by atoms with E-state index in [1.807, 2.05) is 18.2 Å². The standard InChI is InChI=1S/C15H24N2O3/c1-3-15(4-2,11-18)10-17-12-6-5-7-13(8-12)20-9-14(16)19/h5-8,17-18H,3-4,9-11H2,1-2H3,(H2,16,19). The van der Waals surface area contributed by atoms with Crippen molar-refractivity contribution in [1.82, 2.24) is 0 Å². The fourth-order valence-electron chi connectivity index (χ4n) is 1.92. The molecular weight excluding hydrogens is 256 g/mol. The first-order valence-electron chi connectivity index (χ1n) is 6.91. The number of amides is 1. The average Bonchev–Trinajstić information content (AvgIpc) is 2.48. The Bertz CT molecular complexity index is 423. The fraction of sp³-hybridized carbons (Fsp3) is 0.533. The Morgan fingerprint density at radius 3 is 2.65 bits per heavy atom. The summed E-state index contributed by atoms with van der Waals surface area (Å²) in [6, 6.07) is 7.35. The molecular formula is C15H24N2O3. The smallest absolute Gasteiger partial charge is 0.255 e. The summed E-state index contributed by atoms with van der Waals surface area (Å²) in [6.45, 7) is 4.87. The molecule has 0 aromatic heterocycles. The zero-order chi connectivity index (χ0) is 15.0. The average molecular weight is 280 g/mol. The molecule has 5 heteroatoms. The molecule has 0 radical (unpaired) electrons. The van der Waals surface area contributed by atoms with Gasteiger partial charge in [0.25, 0.3) is 5.91 Å². The van der Waals surface area contributed by atoms with Gasteiger partial charge in [-0.2, -0.15) is 0 Å². The molecule has 5 nitrogen and oxygen atoms in total. The van der Waals surface area contributed by atoms with E-state index in [0.29, 0.717) is 12.3 Å². The Morgan fingerprint density at radius 1 is 1.40 bits per heavy atom. The largest absolute Gasteiger partial charge is 0.484 e. The molecule has 0 fully saturated rings. The highest BCUT2D eigenvalue weighted by Crippen LogP contribution is 2.27. The van der Waals surface area contributed by atoms with Crippen molar-refractivity contribution in [1.29, 1.82) is 0 Å². The van der Waals surface area contributed by atoms with Gasteiger partial charge in [-0.15, -0.1) is 0 Å². The van der Waals surface area contributed by atoms with Crippen LogP contribution in [0, 0.1) is 5.41 Å². The maximum Gasteiger partial charge on any atom is 0.255 e. The second-order valence-electron chi connectivity index (χ2n) is 5.00. The lowest BCUT2D eigenvalue weighted by Gasteiger charge is -2.30. The molecule has 1 aromatic carbocycles. The number of nitrogens with two attached hydrogens (primary N) is 1. The zero-order valence-corrected chi connectivity index (χ0v) is 12.2. The van der Waals surface area contributed by atoms with Crippen LogP contribution in [0.5, 0.6) is 5.75 Å². The Kier molecular flexibility index (Phi) is 6.31. The van der Waals surface area contributed by atoms with E-state index >= 15 is 0 Å². The third kappa shape index (κ3) is 4.74. The minimum atomic E-state index is -0.500. The predicted molar refractivity (Wildman–Crippen MR) is 79.7 cm³/mol. The molecule has 1 amide bonds. The molecule has 0 unspecified atom stereocenters. The Morgan fingerprint density at radius 2 is 2.10 bits per heavy atom. The lowest BCUT2D eigenvalue weighted by molar-refractivity contribution is -0.119. The first-order chi connectivity index (χ1) is 9.55. The van der Waals surface area contributed by atoms with Gasteiger partial charge in [0, 0.05) is 23.7 Å². The van der Waals surface area contributed by atoms with E-state index in [-0.39, 0.29) is 18.6 Å². The third-order valence-corrected chi connectivity index (χ3v) is 3.72. The lowest BCUT2D eigenvalue weighted by atomic mass is 9.83. The minimum absolute atomic E-state index is 0.107. The van der Waals surface area contributed by atoms with Gasteiger partial charge in [-0.3, -0.25) is 4.79 Å². The maximum absolute atomic E-state index is 10.7. The third-order valence-electron chi connectivity index (χ3n) is 3.72. The summed E-state index contributed by atoms with van der Waals surface area (Å²) in [5.41, 5.74) is 5.83. The van der Waals surface area contributed by atoms with Crippen LogP contribution in [0.2, 0.25) is 0 Å². The van der Waals surface area contributed by atoms with E-state index in [0.717, 1.165) is 18.5 Å². The second kappa shape index (κ2) is 7.75. The van der Waals surface area contributed by atoms with Gasteiger partial charge in [-0.1, -0.05) is 19.9 Å². The monoisotopic (exact) mass is 280 g/mol. The highest BCUT2D eigenvalue weighted by Gasteiger charge is 2.24. The lowest BCUT2D eigenvalue weighted by Crippen LogP contribution is -2.32. The summed E-state index contributed by atoms with van der Waals surface area (Å²) in [6.07, 6.45) is 1.82. The molecule has 0 aliphatic carbocycles. The van der Waals surface area contributed by atoms with Crippen LogP contribution in [0.15, 0.2) is 24.3 Å². The number of hydrogen-bond acceptors (Lipinski definition) is 4. The van der Waals surface area contributed by atoms with Crippen LogP contribution in [-0.2, 0) is 4.79 Å². The van der Waals surface area contributed by atoms with Gasteiger partial charge in [0.05, 0.1) is 6.61 Å². The molecule has 1 rings (SSSR count). The number of hydrogen-bond donors (Lipinski definition) is 3. The quantitative estimate of drug-likeness (QED) is 0.643. The number of carbonyl (C=O) groups is 1. The highest BCUT2D eigenvalue weighted by atomic mass is 16.5. The fourth-order valence-corrected chi connectivity index (χ4v) is 1.92. The van der Waals surface area contributed by atoms with Crippen molar-refractivity contribution in [3.63, 3.8) is 0 Å². The number of anilines is 1. The molecule has 0 atom stereocenters. The van der Waals surface area contributed by atoms with Crippen molar-refractivity contribution in [2.75, 3.05) is 25.1 Å². The molecule has 0 bridgehead atoms. The maximum atomic E-state index is 10.7. The predicted octanol–water partition coefficient (Wildman–Crippen LogP) is 1.76. The van der Waals surface area contributed by atoms with Crippen LogP contribution in [0.4, 0.5) is 5.69 Å². The van der Waals surface area contributed by atoms with Crippen LogP contribution in [-0.4, -0.2) is 30.8 Å². The van der Waals surface area contributed by atoms with Crippen molar-refractivity contribution < 1.29 is 14.6 Å².